The van der Waals surface area contributed by atoms with Gasteiger partial charge < -0.3 is 14.8 Å². The van der Waals surface area contributed by atoms with Crippen LogP contribution in [-0.2, 0) is 20.1 Å². The number of rotatable bonds is 5. The molecule has 0 unspecified atom stereocenters. The lowest BCUT2D eigenvalue weighted by molar-refractivity contribution is 0.739. The van der Waals surface area contributed by atoms with Crippen molar-refractivity contribution in [3.8, 4) is 0 Å². The van der Waals surface area contributed by atoms with Crippen LogP contribution < -0.4 is 10.2 Å². The van der Waals surface area contributed by atoms with Crippen LogP contribution in [0.1, 0.15) is 11.5 Å². The predicted octanol–water partition coefficient (Wildman–Crippen LogP) is 1.49. The first-order chi connectivity index (χ1) is 9.70. The van der Waals surface area contributed by atoms with Crippen molar-refractivity contribution in [1.29, 1.82) is 0 Å². The van der Waals surface area contributed by atoms with Crippen LogP contribution in [0.3, 0.4) is 0 Å². The highest BCUT2D eigenvalue weighted by molar-refractivity contribution is 7.15. The van der Waals surface area contributed by atoms with E-state index in [-0.39, 0.29) is 0 Å². The summed E-state index contributed by atoms with van der Waals surface area (Å²) < 4.78 is 4.18. The van der Waals surface area contributed by atoms with Crippen LogP contribution in [0.2, 0.25) is 0 Å². The second-order valence-electron chi connectivity index (χ2n) is 4.78. The second-order valence-corrected chi connectivity index (χ2v) is 5.65. The molecular formula is C13H18N6S. The number of fused-ring (bicyclic) bond motifs is 1. The molecule has 0 saturated carbocycles. The van der Waals surface area contributed by atoms with Crippen molar-refractivity contribution in [2.45, 2.75) is 13.1 Å². The van der Waals surface area contributed by atoms with Gasteiger partial charge in [-0.25, -0.2) is 9.97 Å². The molecule has 0 radical (unpaired) electrons. The van der Waals surface area contributed by atoms with E-state index in [4.69, 9.17) is 4.98 Å². The molecule has 0 atom stereocenters. The number of imidazole rings is 2. The molecular weight excluding hydrogens is 272 g/mol. The Morgan fingerprint density at radius 3 is 2.95 bits per heavy atom. The molecule has 3 heterocycles. The zero-order valence-electron chi connectivity index (χ0n) is 11.9. The normalized spacial score (nSPS) is 11.3. The second kappa shape index (κ2) is 5.26. The van der Waals surface area contributed by atoms with E-state index in [0.717, 1.165) is 29.7 Å². The van der Waals surface area contributed by atoms with Crippen molar-refractivity contribution < 1.29 is 0 Å². The minimum atomic E-state index is 0.741. The van der Waals surface area contributed by atoms with Crippen molar-refractivity contribution in [3.05, 3.63) is 35.5 Å². The highest BCUT2D eigenvalue weighted by Gasteiger charge is 2.17. The molecule has 106 valence electrons. The van der Waals surface area contributed by atoms with Crippen LogP contribution in [-0.4, -0.2) is 33.0 Å². The molecule has 0 amide bonds. The Morgan fingerprint density at radius 1 is 1.40 bits per heavy atom. The first-order valence-electron chi connectivity index (χ1n) is 6.47. The maximum absolute atomic E-state index is 4.73. The Hall–Kier alpha value is -1.86. The third-order valence-corrected chi connectivity index (χ3v) is 4.10. The molecule has 1 N–H and O–H groups in total. The molecule has 0 aromatic carbocycles. The van der Waals surface area contributed by atoms with E-state index in [9.17, 15) is 0 Å². The molecule has 0 aliphatic heterocycles. The summed E-state index contributed by atoms with van der Waals surface area (Å²) in [6.07, 6.45) is 5.85. The number of nitrogens with zero attached hydrogens (tertiary/aromatic N) is 5. The summed E-state index contributed by atoms with van der Waals surface area (Å²) in [6.45, 7) is 1.53. The summed E-state index contributed by atoms with van der Waals surface area (Å²) in [5, 5.41) is 5.27. The lowest BCUT2D eigenvalue weighted by Crippen LogP contribution is -2.22. The summed E-state index contributed by atoms with van der Waals surface area (Å²) >= 11 is 1.65. The molecule has 0 aliphatic rings. The van der Waals surface area contributed by atoms with Crippen LogP contribution in [0.25, 0.3) is 4.96 Å². The van der Waals surface area contributed by atoms with Gasteiger partial charge in [0, 0.05) is 44.6 Å². The Bertz CT molecular complexity index is 709. The molecule has 20 heavy (non-hydrogen) atoms. The zero-order chi connectivity index (χ0) is 14.1. The van der Waals surface area contributed by atoms with Crippen molar-refractivity contribution in [3.63, 3.8) is 0 Å². The first kappa shape index (κ1) is 13.1. The van der Waals surface area contributed by atoms with E-state index in [2.05, 4.69) is 38.2 Å². The Morgan fingerprint density at radius 2 is 2.25 bits per heavy atom. The third kappa shape index (κ3) is 2.19. The average molecular weight is 290 g/mol. The monoisotopic (exact) mass is 290 g/mol. The largest absolute Gasteiger partial charge is 0.351 e. The van der Waals surface area contributed by atoms with E-state index < -0.39 is 0 Å². The fourth-order valence-electron chi connectivity index (χ4n) is 2.29. The van der Waals surface area contributed by atoms with Crippen molar-refractivity contribution >= 4 is 22.1 Å². The molecule has 0 spiro atoms. The standard InChI is InChI=1S/C13H18N6S/c1-14-8-10-12(16-13-19(10)6-7-20-13)18(3)9-11-15-4-5-17(11)2/h4-7,14H,8-9H2,1-3H3. The molecule has 3 aromatic heterocycles. The average Bonchev–Trinajstić information content (AvgIpc) is 3.09. The van der Waals surface area contributed by atoms with Crippen LogP contribution >= 0.6 is 11.3 Å². The van der Waals surface area contributed by atoms with Gasteiger partial charge in [0.2, 0.25) is 0 Å². The Balaban J connectivity index is 1.94. The quantitative estimate of drug-likeness (QED) is 0.773. The lowest BCUT2D eigenvalue weighted by Gasteiger charge is -2.18. The van der Waals surface area contributed by atoms with Crippen LogP contribution in [0.5, 0.6) is 0 Å². The topological polar surface area (TPSA) is 50.4 Å². The summed E-state index contributed by atoms with van der Waals surface area (Å²) in [5.74, 6) is 2.04. The molecule has 0 aliphatic carbocycles. The molecule has 0 fully saturated rings. The molecule has 3 rings (SSSR count). The maximum atomic E-state index is 4.73. The summed E-state index contributed by atoms with van der Waals surface area (Å²) in [7, 11) is 6.02. The van der Waals surface area contributed by atoms with Gasteiger partial charge in [0.1, 0.15) is 5.82 Å². The van der Waals surface area contributed by atoms with Gasteiger partial charge in [-0.15, -0.1) is 11.3 Å². The number of aromatic nitrogens is 4. The molecule has 0 bridgehead atoms. The van der Waals surface area contributed by atoms with Gasteiger partial charge >= 0.3 is 0 Å². The maximum Gasteiger partial charge on any atom is 0.195 e. The SMILES string of the molecule is CNCc1c(N(C)Cc2nccn2C)nc2sccn12. The summed E-state index contributed by atoms with van der Waals surface area (Å²) in [5.41, 5.74) is 1.18. The lowest BCUT2D eigenvalue weighted by atomic mass is 10.3. The van der Waals surface area contributed by atoms with Crippen molar-refractivity contribution in [2.24, 2.45) is 7.05 Å². The van der Waals surface area contributed by atoms with Gasteiger partial charge in [-0.05, 0) is 7.05 Å². The van der Waals surface area contributed by atoms with Gasteiger partial charge in [0.15, 0.2) is 10.8 Å². The number of hydrogen-bond acceptors (Lipinski definition) is 5. The number of hydrogen-bond donors (Lipinski definition) is 1. The van der Waals surface area contributed by atoms with Gasteiger partial charge in [0.25, 0.3) is 0 Å². The van der Waals surface area contributed by atoms with Gasteiger partial charge in [-0.3, -0.25) is 4.40 Å². The minimum absolute atomic E-state index is 0.741. The highest BCUT2D eigenvalue weighted by atomic mass is 32.1. The fourth-order valence-corrected chi connectivity index (χ4v) is 3.02. The minimum Gasteiger partial charge on any atom is -0.351 e. The number of anilines is 1. The van der Waals surface area contributed by atoms with Gasteiger partial charge in [0.05, 0.1) is 12.2 Å². The van der Waals surface area contributed by atoms with E-state index in [1.807, 2.05) is 31.1 Å². The Labute approximate surface area is 121 Å². The van der Waals surface area contributed by atoms with E-state index in [0.29, 0.717) is 0 Å². The van der Waals surface area contributed by atoms with Crippen molar-refractivity contribution in [1.82, 2.24) is 24.3 Å². The number of nitrogens with one attached hydrogen (secondary N) is 1. The zero-order valence-corrected chi connectivity index (χ0v) is 12.7. The smallest absolute Gasteiger partial charge is 0.195 e. The summed E-state index contributed by atoms with van der Waals surface area (Å²) in [4.78, 5) is 12.3. The molecule has 0 saturated heterocycles. The van der Waals surface area contributed by atoms with Crippen molar-refractivity contribution in [2.75, 3.05) is 19.0 Å². The molecule has 7 heteroatoms. The first-order valence-corrected chi connectivity index (χ1v) is 7.35. The number of thiazole rings is 1. The summed E-state index contributed by atoms with van der Waals surface area (Å²) in [6, 6.07) is 0. The predicted molar refractivity (Wildman–Crippen MR) is 81.1 cm³/mol. The van der Waals surface area contributed by atoms with Gasteiger partial charge in [-0.2, -0.15) is 0 Å². The third-order valence-electron chi connectivity index (χ3n) is 3.35. The van der Waals surface area contributed by atoms with Crippen LogP contribution in [0, 0.1) is 0 Å². The van der Waals surface area contributed by atoms with E-state index >= 15 is 0 Å². The van der Waals surface area contributed by atoms with Gasteiger partial charge in [-0.1, -0.05) is 0 Å². The van der Waals surface area contributed by atoms with E-state index in [1.165, 1.54) is 5.69 Å². The van der Waals surface area contributed by atoms with Crippen LogP contribution in [0.4, 0.5) is 5.82 Å². The highest BCUT2D eigenvalue weighted by Crippen LogP contribution is 2.24. The fraction of sp³-hybridized carbons (Fsp3) is 0.385. The number of aryl methyl sites for hydroxylation is 1. The molecule has 6 nitrogen and oxygen atoms in total. The molecule has 3 aromatic rings. The van der Waals surface area contributed by atoms with E-state index in [1.54, 1.807) is 11.3 Å². The Kier molecular flexibility index (Phi) is 3.45. The van der Waals surface area contributed by atoms with Crippen LogP contribution in [0.15, 0.2) is 24.0 Å².